The Balaban J connectivity index is 2.53. The molecule has 1 aliphatic heterocycles. The second-order valence-corrected chi connectivity index (χ2v) is 5.46. The van der Waals surface area contributed by atoms with Crippen LogP contribution in [-0.4, -0.2) is 72.8 Å². The molecule has 2 heterocycles. The molecule has 1 radical (unpaired) electrons. The third-order valence-corrected chi connectivity index (χ3v) is 4.07. The third kappa shape index (κ3) is 2.26. The molecule has 0 saturated carbocycles. The summed E-state index contributed by atoms with van der Waals surface area (Å²) in [5.74, 6) is 0. The second kappa shape index (κ2) is 5.44. The Kier molecular flexibility index (Phi) is 4.19. The van der Waals surface area contributed by atoms with Crippen molar-refractivity contribution in [3.05, 3.63) is 16.6 Å². The van der Waals surface area contributed by atoms with Crippen LogP contribution in [0.3, 0.4) is 0 Å². The molecule has 0 aromatic carbocycles. The fourth-order valence-electron chi connectivity index (χ4n) is 2.24. The van der Waals surface area contributed by atoms with E-state index in [4.69, 9.17) is 9.84 Å². The van der Waals surface area contributed by atoms with E-state index in [0.29, 0.717) is 0 Å². The number of aromatic nitrogens is 2. The van der Waals surface area contributed by atoms with Crippen LogP contribution in [0.5, 0.6) is 0 Å². The molecule has 0 aliphatic carbocycles. The number of ether oxygens (including phenoxy) is 1. The summed E-state index contributed by atoms with van der Waals surface area (Å²) in [6, 6.07) is 0. The Morgan fingerprint density at radius 1 is 1.60 bits per heavy atom. The summed E-state index contributed by atoms with van der Waals surface area (Å²) >= 11 is 2.62. The van der Waals surface area contributed by atoms with Crippen LogP contribution in [0, 0.1) is 0 Å². The Bertz CT molecular complexity index is 565. The summed E-state index contributed by atoms with van der Waals surface area (Å²) in [5.41, 5.74) is -1.57. The van der Waals surface area contributed by atoms with Crippen LogP contribution in [0.4, 0.5) is 5.69 Å². The van der Waals surface area contributed by atoms with Crippen LogP contribution in [0.1, 0.15) is 6.92 Å². The van der Waals surface area contributed by atoms with E-state index >= 15 is 0 Å². The van der Waals surface area contributed by atoms with Crippen LogP contribution >= 0.6 is 0 Å². The topological polar surface area (TPSA) is 117 Å². The molecule has 0 spiro atoms. The molecule has 111 valence electrons. The number of nitrogens with zero attached hydrogens (tertiary/aromatic N) is 2. The van der Waals surface area contributed by atoms with E-state index in [1.54, 1.807) is 14.0 Å². The average Bonchev–Trinajstić information content (AvgIpc) is 2.64. The van der Waals surface area contributed by atoms with Gasteiger partial charge >= 0.3 is 123 Å². The van der Waals surface area contributed by atoms with E-state index in [-0.39, 0.29) is 10.4 Å². The van der Waals surface area contributed by atoms with Crippen LogP contribution < -0.4 is 15.6 Å². The van der Waals surface area contributed by atoms with E-state index in [1.807, 2.05) is 0 Å². The van der Waals surface area contributed by atoms with Crippen LogP contribution in [-0.2, 0) is 10.5 Å². The normalized spacial score (nSPS) is 33.4. The van der Waals surface area contributed by atoms with Crippen LogP contribution in [0.25, 0.3) is 0 Å². The van der Waals surface area contributed by atoms with Gasteiger partial charge < -0.3 is 0 Å². The number of hydrogen-bond donors (Lipinski definition) is 4. The molecule has 20 heavy (non-hydrogen) atoms. The number of nitrogens with one attached hydrogen (secondary N) is 1. The summed E-state index contributed by atoms with van der Waals surface area (Å²) in [5, 5.41) is 31.9. The first kappa shape index (κ1) is 15.4. The Labute approximate surface area is 123 Å². The van der Waals surface area contributed by atoms with Gasteiger partial charge in [-0.3, -0.25) is 0 Å². The quantitative estimate of drug-likeness (QED) is 0.426. The van der Waals surface area contributed by atoms with Crippen molar-refractivity contribution in [2.75, 3.05) is 19.0 Å². The summed E-state index contributed by atoms with van der Waals surface area (Å²) in [7, 11) is 1.57. The monoisotopic (exact) mass is 350 g/mol. The zero-order chi connectivity index (χ0) is 15.1. The molecule has 4 N–H and O–H groups in total. The first-order valence-electron chi connectivity index (χ1n) is 5.99. The van der Waals surface area contributed by atoms with Crippen molar-refractivity contribution >= 4 is 26.4 Å². The molecule has 8 nitrogen and oxygen atoms in total. The summed E-state index contributed by atoms with van der Waals surface area (Å²) in [4.78, 5) is 15.4. The number of rotatable bonds is 3. The molecule has 1 fully saturated rings. The molecular weight excluding hydrogens is 333 g/mol. The third-order valence-electron chi connectivity index (χ3n) is 3.46. The molecule has 1 aliphatic rings. The molecule has 1 aromatic rings. The van der Waals surface area contributed by atoms with Crippen molar-refractivity contribution in [3.8, 4) is 0 Å². The Morgan fingerprint density at radius 3 is 2.75 bits per heavy atom. The van der Waals surface area contributed by atoms with E-state index in [9.17, 15) is 15.0 Å². The van der Waals surface area contributed by atoms with Crippen molar-refractivity contribution in [1.82, 2.24) is 9.55 Å². The SMILES string of the molecule is CNc1cn([C@]2(C)O[C@H](CO)[C@@H](O)[C@H]2O)c([Se])nc1=O. The number of aliphatic hydroxyl groups is 3. The maximum atomic E-state index is 11.6. The molecule has 2 rings (SSSR count). The van der Waals surface area contributed by atoms with Crippen molar-refractivity contribution in [2.24, 2.45) is 0 Å². The van der Waals surface area contributed by atoms with E-state index in [2.05, 4.69) is 26.3 Å². The predicted molar refractivity (Wildman–Crippen MR) is 71.1 cm³/mol. The predicted octanol–water partition coefficient (Wildman–Crippen LogP) is -3.14. The minimum absolute atomic E-state index is 0.210. The molecule has 0 amide bonds. The first-order chi connectivity index (χ1) is 9.35. The van der Waals surface area contributed by atoms with Crippen molar-refractivity contribution in [3.63, 3.8) is 0 Å². The van der Waals surface area contributed by atoms with Gasteiger partial charge in [-0.25, -0.2) is 0 Å². The molecule has 9 heteroatoms. The van der Waals surface area contributed by atoms with Gasteiger partial charge in [0, 0.05) is 0 Å². The molecule has 0 unspecified atom stereocenters. The Hall–Kier alpha value is -0.961. The summed E-state index contributed by atoms with van der Waals surface area (Å²) in [6.07, 6.45) is -1.98. The first-order valence-corrected chi connectivity index (χ1v) is 6.84. The van der Waals surface area contributed by atoms with Crippen LogP contribution in [0.2, 0.25) is 0 Å². The van der Waals surface area contributed by atoms with Gasteiger partial charge in [0.1, 0.15) is 0 Å². The van der Waals surface area contributed by atoms with E-state index < -0.39 is 36.2 Å². The maximum absolute atomic E-state index is 11.6. The van der Waals surface area contributed by atoms with Crippen LogP contribution in [0.15, 0.2) is 11.0 Å². The van der Waals surface area contributed by atoms with E-state index in [0.717, 1.165) is 0 Å². The fraction of sp³-hybridized carbons (Fsp3) is 0.636. The van der Waals surface area contributed by atoms with E-state index in [1.165, 1.54) is 10.8 Å². The average molecular weight is 349 g/mol. The van der Waals surface area contributed by atoms with Gasteiger partial charge in [-0.1, -0.05) is 0 Å². The summed E-state index contributed by atoms with van der Waals surface area (Å²) < 4.78 is 7.18. The van der Waals surface area contributed by atoms with Gasteiger partial charge in [0.2, 0.25) is 0 Å². The number of hydrogen-bond acceptors (Lipinski definition) is 7. The zero-order valence-electron chi connectivity index (χ0n) is 11.0. The van der Waals surface area contributed by atoms with Crippen molar-refractivity contribution in [1.29, 1.82) is 0 Å². The van der Waals surface area contributed by atoms with Gasteiger partial charge in [0.25, 0.3) is 0 Å². The van der Waals surface area contributed by atoms with Gasteiger partial charge in [-0.15, -0.1) is 0 Å². The molecule has 1 saturated heterocycles. The standard InChI is InChI=1S/C11H16N3O5Se/c1-11(8(17)7(16)6(4-15)19-11)14-3-5(12-2)9(18)13-10(14)20/h3,6-8,12,15-17H,4H2,1-2H3/t6-,7-,8-,11-/m1/s1. The van der Waals surface area contributed by atoms with Gasteiger partial charge in [0.05, 0.1) is 0 Å². The molecule has 0 bridgehead atoms. The summed E-state index contributed by atoms with van der Waals surface area (Å²) in [6.45, 7) is 1.12. The van der Waals surface area contributed by atoms with Gasteiger partial charge in [-0.2, -0.15) is 0 Å². The number of aliphatic hydroxyl groups excluding tert-OH is 3. The molecule has 1 aromatic heterocycles. The van der Waals surface area contributed by atoms with Gasteiger partial charge in [-0.05, 0) is 0 Å². The van der Waals surface area contributed by atoms with Crippen molar-refractivity contribution < 1.29 is 20.1 Å². The minimum atomic E-state index is -1.35. The molecule has 4 atom stereocenters. The van der Waals surface area contributed by atoms with Crippen molar-refractivity contribution in [2.45, 2.75) is 31.0 Å². The Morgan fingerprint density at radius 2 is 2.25 bits per heavy atom. The fourth-order valence-corrected chi connectivity index (χ4v) is 2.91. The second-order valence-electron chi connectivity index (χ2n) is 4.69. The molecular formula is C11H16N3O5Se. The zero-order valence-corrected chi connectivity index (χ0v) is 12.7. The number of anilines is 1. The van der Waals surface area contributed by atoms with Gasteiger partial charge in [0.15, 0.2) is 0 Å².